The van der Waals surface area contributed by atoms with Gasteiger partial charge in [-0.2, -0.15) is 0 Å². The number of terminal acetylenes is 1. The van der Waals surface area contributed by atoms with Crippen LogP contribution in [-0.2, 0) is 0 Å². The zero-order valence-corrected chi connectivity index (χ0v) is 9.16. The van der Waals surface area contributed by atoms with E-state index in [1.54, 1.807) is 0 Å². The molecule has 70 valence electrons. The van der Waals surface area contributed by atoms with Gasteiger partial charge in [0.1, 0.15) is 0 Å². The van der Waals surface area contributed by atoms with Gasteiger partial charge in [0.15, 0.2) is 0 Å². The van der Waals surface area contributed by atoms with Gasteiger partial charge >= 0.3 is 0 Å². The third-order valence-corrected chi connectivity index (χ3v) is 3.46. The average Bonchev–Trinajstić information content (AvgIpc) is 2.51. The second kappa shape index (κ2) is 5.09. The fourth-order valence-electron chi connectivity index (χ4n) is 1.62. The molecule has 0 nitrogen and oxygen atoms in total. The molecule has 0 N–H and O–H groups in total. The minimum atomic E-state index is 0.593. The molecule has 1 heteroatoms. The van der Waals surface area contributed by atoms with Crippen LogP contribution in [0, 0.1) is 19.3 Å². The summed E-state index contributed by atoms with van der Waals surface area (Å²) in [5.41, 5.74) is 1.40. The van der Waals surface area contributed by atoms with E-state index in [1.807, 2.05) is 11.3 Å². The Morgan fingerprint density at radius 2 is 2.38 bits per heavy atom. The third-order valence-electron chi connectivity index (χ3n) is 2.27. The molecule has 0 aromatic carbocycles. The molecule has 13 heavy (non-hydrogen) atoms. The van der Waals surface area contributed by atoms with Crippen molar-refractivity contribution >= 4 is 11.3 Å². The second-order valence-electron chi connectivity index (χ2n) is 3.36. The molecule has 0 amide bonds. The Morgan fingerprint density at radius 3 is 2.85 bits per heavy atom. The molecule has 0 saturated heterocycles. The summed E-state index contributed by atoms with van der Waals surface area (Å²) in [6, 6.07) is 2.18. The van der Waals surface area contributed by atoms with Gasteiger partial charge in [0.25, 0.3) is 0 Å². The Labute approximate surface area is 85.0 Å². The van der Waals surface area contributed by atoms with E-state index in [0.717, 1.165) is 6.42 Å². The van der Waals surface area contributed by atoms with E-state index >= 15 is 0 Å². The molecule has 1 aromatic heterocycles. The number of aryl methyl sites for hydroxylation is 1. The molecule has 1 unspecified atom stereocenters. The minimum Gasteiger partial charge on any atom is -0.148 e. The predicted molar refractivity (Wildman–Crippen MR) is 60.2 cm³/mol. The van der Waals surface area contributed by atoms with Gasteiger partial charge in [-0.1, -0.05) is 13.3 Å². The van der Waals surface area contributed by atoms with E-state index in [0.29, 0.717) is 5.92 Å². The highest BCUT2D eigenvalue weighted by atomic mass is 32.1. The minimum absolute atomic E-state index is 0.593. The highest BCUT2D eigenvalue weighted by Gasteiger charge is 2.12. The standard InChI is InChI=1S/C12H16S/c1-4-6-11(7-5-2)12-10(3)8-9-13-12/h1,8-9,11H,5-7H2,2-3H3. The first-order valence-corrected chi connectivity index (χ1v) is 5.65. The molecular formula is C12H16S. The van der Waals surface area contributed by atoms with E-state index in [4.69, 9.17) is 6.42 Å². The van der Waals surface area contributed by atoms with E-state index in [1.165, 1.54) is 23.3 Å². The lowest BCUT2D eigenvalue weighted by atomic mass is 9.96. The Balaban J connectivity index is 2.76. The van der Waals surface area contributed by atoms with Gasteiger partial charge in [-0.25, -0.2) is 0 Å². The number of thiophene rings is 1. The summed E-state index contributed by atoms with van der Waals surface area (Å²) >= 11 is 1.84. The van der Waals surface area contributed by atoms with Gasteiger partial charge in [0.05, 0.1) is 0 Å². The Kier molecular flexibility index (Phi) is 4.05. The summed E-state index contributed by atoms with van der Waals surface area (Å²) in [6.45, 7) is 4.39. The molecule has 0 saturated carbocycles. The van der Waals surface area contributed by atoms with Gasteiger partial charge < -0.3 is 0 Å². The van der Waals surface area contributed by atoms with Crippen LogP contribution in [0.1, 0.15) is 42.5 Å². The van der Waals surface area contributed by atoms with Crippen molar-refractivity contribution in [2.45, 2.75) is 39.0 Å². The zero-order valence-electron chi connectivity index (χ0n) is 8.34. The topological polar surface area (TPSA) is 0 Å². The van der Waals surface area contributed by atoms with Crippen LogP contribution in [-0.4, -0.2) is 0 Å². The van der Waals surface area contributed by atoms with Crippen molar-refractivity contribution in [3.8, 4) is 12.3 Å². The van der Waals surface area contributed by atoms with Crippen LogP contribution in [0.2, 0.25) is 0 Å². The highest BCUT2D eigenvalue weighted by molar-refractivity contribution is 7.10. The fourth-order valence-corrected chi connectivity index (χ4v) is 2.69. The lowest BCUT2D eigenvalue weighted by Gasteiger charge is -2.12. The van der Waals surface area contributed by atoms with Crippen LogP contribution in [0.3, 0.4) is 0 Å². The normalized spacial score (nSPS) is 12.4. The fraction of sp³-hybridized carbons (Fsp3) is 0.500. The third kappa shape index (κ3) is 2.60. The van der Waals surface area contributed by atoms with Crippen LogP contribution >= 0.6 is 11.3 Å². The van der Waals surface area contributed by atoms with Gasteiger partial charge in [0.2, 0.25) is 0 Å². The molecule has 0 fully saturated rings. The summed E-state index contributed by atoms with van der Waals surface area (Å²) in [7, 11) is 0. The quantitative estimate of drug-likeness (QED) is 0.633. The van der Waals surface area contributed by atoms with Gasteiger partial charge in [-0.15, -0.1) is 23.7 Å². The van der Waals surface area contributed by atoms with Crippen LogP contribution < -0.4 is 0 Å². The van der Waals surface area contributed by atoms with Crippen LogP contribution in [0.5, 0.6) is 0 Å². The molecular weight excluding hydrogens is 176 g/mol. The summed E-state index contributed by atoms with van der Waals surface area (Å²) < 4.78 is 0. The Bertz CT molecular complexity index is 290. The maximum Gasteiger partial charge on any atom is 0.0163 e. The Hall–Kier alpha value is -0.740. The predicted octanol–water partition coefficient (Wildman–Crippen LogP) is 3.96. The number of rotatable bonds is 4. The molecule has 0 aliphatic heterocycles. The van der Waals surface area contributed by atoms with E-state index < -0.39 is 0 Å². The molecule has 1 aromatic rings. The zero-order chi connectivity index (χ0) is 9.68. The van der Waals surface area contributed by atoms with Crippen molar-refractivity contribution in [3.63, 3.8) is 0 Å². The largest absolute Gasteiger partial charge is 0.148 e. The smallest absolute Gasteiger partial charge is 0.0163 e. The lowest BCUT2D eigenvalue weighted by molar-refractivity contribution is 0.635. The summed E-state index contributed by atoms with van der Waals surface area (Å²) in [5, 5.41) is 2.16. The first-order valence-electron chi connectivity index (χ1n) is 4.77. The molecule has 0 radical (unpaired) electrons. The number of hydrogen-bond donors (Lipinski definition) is 0. The molecule has 0 spiro atoms. The van der Waals surface area contributed by atoms with E-state index in [-0.39, 0.29) is 0 Å². The molecule has 1 rings (SSSR count). The highest BCUT2D eigenvalue weighted by Crippen LogP contribution is 2.31. The van der Waals surface area contributed by atoms with Crippen LogP contribution in [0.25, 0.3) is 0 Å². The average molecular weight is 192 g/mol. The molecule has 1 atom stereocenters. The summed E-state index contributed by atoms with van der Waals surface area (Å²) in [4.78, 5) is 1.49. The van der Waals surface area contributed by atoms with Crippen molar-refractivity contribution in [2.24, 2.45) is 0 Å². The molecule has 1 heterocycles. The monoisotopic (exact) mass is 192 g/mol. The molecule has 0 bridgehead atoms. The lowest BCUT2D eigenvalue weighted by Crippen LogP contribution is -1.96. The van der Waals surface area contributed by atoms with Crippen LogP contribution in [0.4, 0.5) is 0 Å². The SMILES string of the molecule is C#CCC(CCC)c1sccc1C. The van der Waals surface area contributed by atoms with Crippen molar-refractivity contribution in [1.82, 2.24) is 0 Å². The van der Waals surface area contributed by atoms with E-state index in [2.05, 4.69) is 31.2 Å². The second-order valence-corrected chi connectivity index (χ2v) is 4.31. The van der Waals surface area contributed by atoms with Gasteiger partial charge in [0, 0.05) is 17.2 Å². The number of hydrogen-bond acceptors (Lipinski definition) is 1. The molecule has 0 aliphatic rings. The van der Waals surface area contributed by atoms with E-state index in [9.17, 15) is 0 Å². The van der Waals surface area contributed by atoms with Crippen molar-refractivity contribution in [3.05, 3.63) is 21.9 Å². The summed E-state index contributed by atoms with van der Waals surface area (Å²) in [6.07, 6.45) is 8.68. The maximum atomic E-state index is 5.37. The van der Waals surface area contributed by atoms with Crippen molar-refractivity contribution in [2.75, 3.05) is 0 Å². The summed E-state index contributed by atoms with van der Waals surface area (Å²) in [5.74, 6) is 3.37. The first kappa shape index (κ1) is 10.3. The van der Waals surface area contributed by atoms with Gasteiger partial charge in [-0.05, 0) is 30.4 Å². The van der Waals surface area contributed by atoms with Crippen LogP contribution in [0.15, 0.2) is 11.4 Å². The van der Waals surface area contributed by atoms with Gasteiger partial charge in [-0.3, -0.25) is 0 Å². The van der Waals surface area contributed by atoms with Crippen molar-refractivity contribution < 1.29 is 0 Å². The first-order chi connectivity index (χ1) is 6.29. The molecule has 0 aliphatic carbocycles. The Morgan fingerprint density at radius 1 is 1.62 bits per heavy atom. The van der Waals surface area contributed by atoms with Crippen molar-refractivity contribution in [1.29, 1.82) is 0 Å². The maximum absolute atomic E-state index is 5.37.